The van der Waals surface area contributed by atoms with Crippen molar-refractivity contribution in [1.82, 2.24) is 5.43 Å². The fourth-order valence-electron chi connectivity index (χ4n) is 6.22. The predicted octanol–water partition coefficient (Wildman–Crippen LogP) is 5.28. The van der Waals surface area contributed by atoms with Gasteiger partial charge in [-0.1, -0.05) is 72.9 Å². The zero-order valence-electron chi connectivity index (χ0n) is 17.4. The molecule has 0 bridgehead atoms. The van der Waals surface area contributed by atoms with Crippen molar-refractivity contribution in [1.29, 1.82) is 0 Å². The lowest BCUT2D eigenvalue weighted by Crippen LogP contribution is -2.63. The summed E-state index contributed by atoms with van der Waals surface area (Å²) in [6.45, 7) is 17.2. The summed E-state index contributed by atoms with van der Waals surface area (Å²) in [6, 6.07) is 0. The molecular weight excluding hydrogens is 291 g/mol. The fraction of sp³-hybridized carbons (Fsp3) is 1.00. The second-order valence-electron chi connectivity index (χ2n) is 9.95. The van der Waals surface area contributed by atoms with Crippen molar-refractivity contribution in [2.24, 2.45) is 41.4 Å². The van der Waals surface area contributed by atoms with Crippen molar-refractivity contribution >= 4 is 7.28 Å². The van der Waals surface area contributed by atoms with E-state index in [-0.39, 0.29) is 10.9 Å². The SMILES string of the molecule is CC1CCC(C)C(NN)(C(C)[C@@]2(C)[B]CCC(C)C2C)CC(C)C1. The summed E-state index contributed by atoms with van der Waals surface area (Å²) in [4.78, 5) is 0. The van der Waals surface area contributed by atoms with Crippen molar-refractivity contribution in [3.8, 4) is 0 Å². The summed E-state index contributed by atoms with van der Waals surface area (Å²) in [6.07, 6.45) is 7.79. The molecule has 139 valence electrons. The van der Waals surface area contributed by atoms with Gasteiger partial charge in [-0.3, -0.25) is 11.3 Å². The highest BCUT2D eigenvalue weighted by Crippen LogP contribution is 2.57. The molecule has 2 rings (SSSR count). The number of rotatable bonds is 3. The molecule has 3 heteroatoms. The van der Waals surface area contributed by atoms with Gasteiger partial charge in [0.25, 0.3) is 0 Å². The molecule has 0 aromatic heterocycles. The largest absolute Gasteiger partial charge is 0.271 e. The number of nitrogens with two attached hydrogens (primary N) is 1. The van der Waals surface area contributed by atoms with Crippen LogP contribution in [0.2, 0.25) is 11.6 Å². The molecule has 24 heavy (non-hydrogen) atoms. The monoisotopic (exact) mass is 333 g/mol. The van der Waals surface area contributed by atoms with Crippen LogP contribution < -0.4 is 11.3 Å². The molecule has 1 saturated carbocycles. The highest BCUT2D eigenvalue weighted by molar-refractivity contribution is 6.40. The summed E-state index contributed by atoms with van der Waals surface area (Å²) in [5.41, 5.74) is 3.47. The molecule has 0 spiro atoms. The standard InChI is InChI=1S/C21H42BN2/c1-14-8-9-17(4)21(24-23,13-15(2)12-14)19(6)20(7)18(5)16(3)10-11-22-20/h14-19,24H,8-13,23H2,1-7H3/t14?,15?,16?,17?,18?,19?,20-,21?/m0/s1. The lowest BCUT2D eigenvalue weighted by atomic mass is 9.35. The Morgan fingerprint density at radius 1 is 1.04 bits per heavy atom. The van der Waals surface area contributed by atoms with Gasteiger partial charge in [-0.05, 0) is 54.8 Å². The maximum atomic E-state index is 6.33. The summed E-state index contributed by atoms with van der Waals surface area (Å²) in [7, 11) is 2.64. The first-order valence-electron chi connectivity index (χ1n) is 10.5. The van der Waals surface area contributed by atoms with Gasteiger partial charge >= 0.3 is 0 Å². The Hall–Kier alpha value is -0.0151. The highest BCUT2D eigenvalue weighted by atomic mass is 15.3. The molecule has 2 aliphatic rings. The summed E-state index contributed by atoms with van der Waals surface area (Å²) in [5, 5.41) is 0.267. The number of nitrogens with one attached hydrogen (secondary N) is 1. The van der Waals surface area contributed by atoms with Crippen LogP contribution in [0.15, 0.2) is 0 Å². The van der Waals surface area contributed by atoms with Crippen LogP contribution in [0.5, 0.6) is 0 Å². The summed E-state index contributed by atoms with van der Waals surface area (Å²) >= 11 is 0. The van der Waals surface area contributed by atoms with Crippen molar-refractivity contribution in [3.63, 3.8) is 0 Å². The molecule has 8 atom stereocenters. The maximum Gasteiger partial charge on any atom is 0.118 e. The maximum absolute atomic E-state index is 6.33. The van der Waals surface area contributed by atoms with E-state index in [1.54, 1.807) is 0 Å². The van der Waals surface area contributed by atoms with Gasteiger partial charge < -0.3 is 0 Å². The van der Waals surface area contributed by atoms with E-state index in [2.05, 4.69) is 61.2 Å². The number of hydrogen-bond acceptors (Lipinski definition) is 2. The third kappa shape index (κ3) is 3.58. The minimum atomic E-state index is 0.0517. The third-order valence-electron chi connectivity index (χ3n) is 8.48. The van der Waals surface area contributed by atoms with E-state index in [0.717, 1.165) is 23.7 Å². The van der Waals surface area contributed by atoms with Gasteiger partial charge in [0.2, 0.25) is 0 Å². The van der Waals surface area contributed by atoms with Crippen LogP contribution in [-0.4, -0.2) is 12.8 Å². The van der Waals surface area contributed by atoms with E-state index >= 15 is 0 Å². The van der Waals surface area contributed by atoms with Gasteiger partial charge in [0, 0.05) is 5.54 Å². The van der Waals surface area contributed by atoms with Crippen LogP contribution in [-0.2, 0) is 0 Å². The molecule has 1 heterocycles. The molecule has 0 aromatic carbocycles. The van der Waals surface area contributed by atoms with Crippen LogP contribution >= 0.6 is 0 Å². The van der Waals surface area contributed by atoms with E-state index in [1.807, 2.05) is 0 Å². The quantitative estimate of drug-likeness (QED) is 0.419. The Morgan fingerprint density at radius 2 is 1.71 bits per heavy atom. The molecule has 1 radical (unpaired) electrons. The smallest absolute Gasteiger partial charge is 0.118 e. The molecule has 2 fully saturated rings. The van der Waals surface area contributed by atoms with Crippen LogP contribution in [0.3, 0.4) is 0 Å². The average Bonchev–Trinajstić information content (AvgIpc) is 2.53. The van der Waals surface area contributed by atoms with Crippen LogP contribution in [0.25, 0.3) is 0 Å². The van der Waals surface area contributed by atoms with Gasteiger partial charge in [0.05, 0.1) is 0 Å². The molecule has 0 aromatic rings. The first-order valence-corrected chi connectivity index (χ1v) is 10.5. The Kier molecular flexibility index (Phi) is 6.51. The fourth-order valence-corrected chi connectivity index (χ4v) is 6.22. The Balaban J connectivity index is 2.35. The second kappa shape index (κ2) is 7.70. The van der Waals surface area contributed by atoms with Crippen LogP contribution in [0, 0.1) is 35.5 Å². The van der Waals surface area contributed by atoms with Gasteiger partial charge in [-0.2, -0.15) is 0 Å². The van der Waals surface area contributed by atoms with E-state index < -0.39 is 0 Å². The molecule has 1 saturated heterocycles. The molecule has 1 aliphatic carbocycles. The van der Waals surface area contributed by atoms with Crippen molar-refractivity contribution in [3.05, 3.63) is 0 Å². The van der Waals surface area contributed by atoms with Crippen LogP contribution in [0.1, 0.15) is 80.6 Å². The van der Waals surface area contributed by atoms with Crippen molar-refractivity contribution < 1.29 is 0 Å². The molecule has 1 aliphatic heterocycles. The minimum absolute atomic E-state index is 0.0517. The van der Waals surface area contributed by atoms with E-state index in [9.17, 15) is 0 Å². The Bertz CT molecular complexity index is 415. The van der Waals surface area contributed by atoms with Crippen LogP contribution in [0.4, 0.5) is 0 Å². The highest BCUT2D eigenvalue weighted by Gasteiger charge is 2.52. The Labute approximate surface area is 152 Å². The van der Waals surface area contributed by atoms with E-state index in [4.69, 9.17) is 5.84 Å². The summed E-state index contributed by atoms with van der Waals surface area (Å²) in [5.74, 6) is 10.6. The van der Waals surface area contributed by atoms with Crippen molar-refractivity contribution in [2.45, 2.75) is 97.7 Å². The topological polar surface area (TPSA) is 38.0 Å². The predicted molar refractivity (Wildman–Crippen MR) is 107 cm³/mol. The molecule has 3 N–H and O–H groups in total. The zero-order valence-corrected chi connectivity index (χ0v) is 17.4. The first kappa shape index (κ1) is 20.3. The normalized spacial score (nSPS) is 48.9. The lowest BCUT2D eigenvalue weighted by molar-refractivity contribution is 0.0350. The number of hydrogen-bond donors (Lipinski definition) is 2. The van der Waals surface area contributed by atoms with Gasteiger partial charge in [-0.25, -0.2) is 0 Å². The van der Waals surface area contributed by atoms with Crippen molar-refractivity contribution in [2.75, 3.05) is 0 Å². The molecule has 2 nitrogen and oxygen atoms in total. The number of hydrazine groups is 1. The molecule has 7 unspecified atom stereocenters. The molecular formula is C21H42BN2. The van der Waals surface area contributed by atoms with Gasteiger partial charge in [0.15, 0.2) is 0 Å². The van der Waals surface area contributed by atoms with Gasteiger partial charge in [0.1, 0.15) is 7.28 Å². The third-order valence-corrected chi connectivity index (χ3v) is 8.48. The first-order chi connectivity index (χ1) is 11.2. The molecule has 0 amide bonds. The summed E-state index contributed by atoms with van der Waals surface area (Å²) < 4.78 is 0. The average molecular weight is 333 g/mol. The van der Waals surface area contributed by atoms with E-state index in [0.29, 0.717) is 11.8 Å². The Morgan fingerprint density at radius 3 is 2.33 bits per heavy atom. The zero-order chi connectivity index (χ0) is 18.1. The minimum Gasteiger partial charge on any atom is -0.271 e. The second-order valence-corrected chi connectivity index (χ2v) is 9.95. The van der Waals surface area contributed by atoms with Gasteiger partial charge in [-0.15, -0.1) is 0 Å². The van der Waals surface area contributed by atoms with E-state index in [1.165, 1.54) is 38.4 Å². The lowest BCUT2D eigenvalue weighted by Gasteiger charge is -2.57.